The Morgan fingerprint density at radius 1 is 1.45 bits per heavy atom. The van der Waals surface area contributed by atoms with E-state index in [-0.39, 0.29) is 0 Å². The molecule has 0 atom stereocenters. The summed E-state index contributed by atoms with van der Waals surface area (Å²) in [4.78, 5) is 7.68. The Morgan fingerprint density at radius 3 is 2.82 bits per heavy atom. The summed E-state index contributed by atoms with van der Waals surface area (Å²) in [6, 6.07) is 1.85. The highest BCUT2D eigenvalue weighted by Crippen LogP contribution is 1.97. The topological polar surface area (TPSA) is 75.6 Å². The van der Waals surface area contributed by atoms with E-state index in [2.05, 4.69) is 9.97 Å². The van der Waals surface area contributed by atoms with E-state index in [0.717, 1.165) is 0 Å². The van der Waals surface area contributed by atoms with Crippen LogP contribution in [-0.4, -0.2) is 9.97 Å². The molecular formula is C7H6N4. The Balaban J connectivity index is 2.84. The van der Waals surface area contributed by atoms with Gasteiger partial charge in [-0.1, -0.05) is 0 Å². The number of nitrogens with two attached hydrogens (primary N) is 1. The van der Waals surface area contributed by atoms with E-state index in [1.807, 2.05) is 6.07 Å². The Hall–Kier alpha value is -1.89. The highest BCUT2D eigenvalue weighted by Gasteiger charge is 1.87. The zero-order chi connectivity index (χ0) is 8.10. The van der Waals surface area contributed by atoms with Crippen molar-refractivity contribution >= 4 is 11.9 Å². The van der Waals surface area contributed by atoms with Gasteiger partial charge in [-0.2, -0.15) is 5.26 Å². The summed E-state index contributed by atoms with van der Waals surface area (Å²) in [7, 11) is 0. The van der Waals surface area contributed by atoms with Crippen molar-refractivity contribution < 1.29 is 0 Å². The van der Waals surface area contributed by atoms with Crippen molar-refractivity contribution in [1.29, 1.82) is 5.26 Å². The van der Waals surface area contributed by atoms with Gasteiger partial charge in [0.25, 0.3) is 0 Å². The summed E-state index contributed by atoms with van der Waals surface area (Å²) in [6.07, 6.45) is 5.84. The molecule has 0 saturated carbocycles. The smallest absolute Gasteiger partial charge is 0.141 e. The Bertz CT molecular complexity index is 293. The van der Waals surface area contributed by atoms with Crippen molar-refractivity contribution in [3.05, 3.63) is 24.2 Å². The van der Waals surface area contributed by atoms with Crippen LogP contribution >= 0.6 is 0 Å². The van der Waals surface area contributed by atoms with Gasteiger partial charge < -0.3 is 5.73 Å². The van der Waals surface area contributed by atoms with E-state index in [9.17, 15) is 0 Å². The summed E-state index contributed by atoms with van der Waals surface area (Å²) in [5.74, 6) is 0.374. The third kappa shape index (κ3) is 2.06. The van der Waals surface area contributed by atoms with Gasteiger partial charge in [-0.25, -0.2) is 4.98 Å². The first-order valence-electron chi connectivity index (χ1n) is 2.96. The normalized spacial score (nSPS) is 9.73. The fourth-order valence-corrected chi connectivity index (χ4v) is 0.557. The molecule has 0 aliphatic heterocycles. The fraction of sp³-hybridized carbons (Fsp3) is 0. The summed E-state index contributed by atoms with van der Waals surface area (Å²) in [6.45, 7) is 0. The lowest BCUT2D eigenvalue weighted by Gasteiger charge is -1.90. The third-order valence-corrected chi connectivity index (χ3v) is 1.02. The van der Waals surface area contributed by atoms with E-state index < -0.39 is 0 Å². The van der Waals surface area contributed by atoms with Gasteiger partial charge in [0, 0.05) is 6.08 Å². The number of aromatic nitrogens is 2. The minimum Gasteiger partial charge on any atom is -0.382 e. The van der Waals surface area contributed by atoms with Gasteiger partial charge in [0.2, 0.25) is 0 Å². The molecular weight excluding hydrogens is 140 g/mol. The Labute approximate surface area is 64.0 Å². The van der Waals surface area contributed by atoms with Crippen molar-refractivity contribution in [2.45, 2.75) is 0 Å². The van der Waals surface area contributed by atoms with Gasteiger partial charge in [0.15, 0.2) is 0 Å². The predicted molar refractivity (Wildman–Crippen MR) is 41.1 cm³/mol. The van der Waals surface area contributed by atoms with Gasteiger partial charge in [0.05, 0.1) is 24.2 Å². The number of allylic oxidation sites excluding steroid dienone is 1. The first kappa shape index (κ1) is 7.22. The van der Waals surface area contributed by atoms with Crippen LogP contribution < -0.4 is 5.73 Å². The lowest BCUT2D eigenvalue weighted by molar-refractivity contribution is 1.19. The van der Waals surface area contributed by atoms with Gasteiger partial charge in [-0.3, -0.25) is 4.98 Å². The molecule has 0 fully saturated rings. The maximum absolute atomic E-state index is 8.17. The number of hydrogen-bond acceptors (Lipinski definition) is 4. The van der Waals surface area contributed by atoms with E-state index in [1.165, 1.54) is 18.5 Å². The molecule has 0 spiro atoms. The summed E-state index contributed by atoms with van der Waals surface area (Å²) >= 11 is 0. The van der Waals surface area contributed by atoms with Crippen LogP contribution in [0.1, 0.15) is 5.69 Å². The molecule has 4 heteroatoms. The van der Waals surface area contributed by atoms with Gasteiger partial charge in [0.1, 0.15) is 5.82 Å². The van der Waals surface area contributed by atoms with Crippen molar-refractivity contribution in [2.24, 2.45) is 0 Å². The van der Waals surface area contributed by atoms with E-state index in [4.69, 9.17) is 11.0 Å². The molecule has 1 aromatic rings. The average Bonchev–Trinajstić information content (AvgIpc) is 2.04. The van der Waals surface area contributed by atoms with E-state index in [0.29, 0.717) is 11.5 Å². The minimum absolute atomic E-state index is 0.374. The monoisotopic (exact) mass is 146 g/mol. The summed E-state index contributed by atoms with van der Waals surface area (Å²) < 4.78 is 0. The van der Waals surface area contributed by atoms with E-state index >= 15 is 0 Å². The standard InChI is InChI=1S/C7H6N4/c8-3-1-2-6-4-11-7(9)5-10-6/h1-2,4-5H,(H2,9,11). The van der Waals surface area contributed by atoms with Gasteiger partial charge in [-0.05, 0) is 6.08 Å². The summed E-state index contributed by atoms with van der Waals surface area (Å²) in [5, 5.41) is 8.17. The molecule has 54 valence electrons. The number of nitrogen functional groups attached to an aromatic ring is 1. The number of rotatable bonds is 1. The van der Waals surface area contributed by atoms with Gasteiger partial charge in [-0.15, -0.1) is 0 Å². The summed E-state index contributed by atoms with van der Waals surface area (Å²) in [5.41, 5.74) is 5.92. The molecule has 0 aromatic carbocycles. The lowest BCUT2D eigenvalue weighted by atomic mass is 10.4. The minimum atomic E-state index is 0.374. The first-order chi connectivity index (χ1) is 5.33. The molecule has 0 amide bonds. The van der Waals surface area contributed by atoms with E-state index in [1.54, 1.807) is 6.08 Å². The van der Waals surface area contributed by atoms with Crippen LogP contribution in [-0.2, 0) is 0 Å². The largest absolute Gasteiger partial charge is 0.382 e. The third-order valence-electron chi connectivity index (χ3n) is 1.02. The molecule has 11 heavy (non-hydrogen) atoms. The second-order valence-corrected chi connectivity index (χ2v) is 1.83. The molecule has 0 bridgehead atoms. The number of nitrogens with zero attached hydrogens (tertiary/aromatic N) is 3. The van der Waals surface area contributed by atoms with Gasteiger partial charge >= 0.3 is 0 Å². The molecule has 1 aromatic heterocycles. The highest BCUT2D eigenvalue weighted by atomic mass is 14.9. The molecule has 4 nitrogen and oxygen atoms in total. The van der Waals surface area contributed by atoms with Crippen molar-refractivity contribution in [2.75, 3.05) is 5.73 Å². The molecule has 0 aliphatic carbocycles. The molecule has 0 aliphatic rings. The maximum atomic E-state index is 8.17. The number of anilines is 1. The fourth-order valence-electron chi connectivity index (χ4n) is 0.557. The highest BCUT2D eigenvalue weighted by molar-refractivity contribution is 5.47. The SMILES string of the molecule is N#CC=Cc1cnc(N)cn1. The number of hydrogen-bond donors (Lipinski definition) is 1. The van der Waals surface area contributed by atoms with Crippen molar-refractivity contribution in [3.63, 3.8) is 0 Å². The van der Waals surface area contributed by atoms with Crippen LogP contribution in [0.25, 0.3) is 6.08 Å². The second-order valence-electron chi connectivity index (χ2n) is 1.83. The van der Waals surface area contributed by atoms with Crippen LogP contribution in [0.15, 0.2) is 18.5 Å². The van der Waals surface area contributed by atoms with Crippen LogP contribution in [0, 0.1) is 11.3 Å². The second kappa shape index (κ2) is 3.32. The predicted octanol–water partition coefficient (Wildman–Crippen LogP) is 0.596. The molecule has 0 radical (unpaired) electrons. The van der Waals surface area contributed by atoms with Crippen molar-refractivity contribution in [1.82, 2.24) is 9.97 Å². The Morgan fingerprint density at radius 2 is 2.27 bits per heavy atom. The lowest BCUT2D eigenvalue weighted by Crippen LogP contribution is -1.91. The van der Waals surface area contributed by atoms with Crippen LogP contribution in [0.4, 0.5) is 5.82 Å². The molecule has 2 N–H and O–H groups in total. The molecule has 1 rings (SSSR count). The maximum Gasteiger partial charge on any atom is 0.141 e. The van der Waals surface area contributed by atoms with Crippen molar-refractivity contribution in [3.8, 4) is 6.07 Å². The molecule has 0 saturated heterocycles. The zero-order valence-electron chi connectivity index (χ0n) is 5.73. The zero-order valence-corrected chi connectivity index (χ0v) is 5.73. The Kier molecular flexibility index (Phi) is 2.18. The average molecular weight is 146 g/mol. The quantitative estimate of drug-likeness (QED) is 0.588. The first-order valence-corrected chi connectivity index (χ1v) is 2.96. The van der Waals surface area contributed by atoms with Crippen LogP contribution in [0.3, 0.4) is 0 Å². The number of nitriles is 1. The molecule has 0 unspecified atom stereocenters. The molecule has 1 heterocycles. The van der Waals surface area contributed by atoms with Crippen LogP contribution in [0.2, 0.25) is 0 Å². The van der Waals surface area contributed by atoms with Crippen LogP contribution in [0.5, 0.6) is 0 Å².